The lowest BCUT2D eigenvalue weighted by Crippen LogP contribution is -2.58. The van der Waals surface area contributed by atoms with Crippen molar-refractivity contribution >= 4 is 23.3 Å². The number of carboxylic acid groups (broad SMARTS) is 1. The number of carboxylic acids is 1. The summed E-state index contributed by atoms with van der Waals surface area (Å²) in [5.41, 5.74) is -4.68. The van der Waals surface area contributed by atoms with Crippen LogP contribution in [0.2, 0.25) is 0 Å². The van der Waals surface area contributed by atoms with Crippen molar-refractivity contribution in [2.75, 3.05) is 0 Å². The Labute approximate surface area is 149 Å². The van der Waals surface area contributed by atoms with Crippen LogP contribution in [0.1, 0.15) is 23.2 Å². The third-order valence-corrected chi connectivity index (χ3v) is 4.10. The predicted molar refractivity (Wildman–Crippen MR) is 82.8 cm³/mol. The zero-order valence-electron chi connectivity index (χ0n) is 13.4. The summed E-state index contributed by atoms with van der Waals surface area (Å²) in [5, 5.41) is 60.1. The smallest absolute Gasteiger partial charge is 0.348 e. The third-order valence-electron chi connectivity index (χ3n) is 4.10. The second-order valence-electron chi connectivity index (χ2n) is 5.97. The molecule has 2 rings (SSSR count). The summed E-state index contributed by atoms with van der Waals surface area (Å²) in [7, 11) is 0. The van der Waals surface area contributed by atoms with Gasteiger partial charge in [0.05, 0.1) is 33.7 Å². The lowest BCUT2D eigenvalue weighted by atomic mass is 9.79. The maximum Gasteiger partial charge on any atom is 0.348 e. The number of nitrogens with zero attached hydrogens (tertiary/aromatic N) is 2. The summed E-state index contributed by atoms with van der Waals surface area (Å²) < 4.78 is 4.87. The first kappa shape index (κ1) is 20.2. The van der Waals surface area contributed by atoms with Crippen LogP contribution in [0.4, 0.5) is 11.4 Å². The lowest BCUT2D eigenvalue weighted by Gasteiger charge is -2.40. The Bertz CT molecular complexity index is 764. The van der Waals surface area contributed by atoms with Crippen molar-refractivity contribution in [2.24, 2.45) is 0 Å². The SMILES string of the molecule is O=C(OC1(C(=O)O)C[C@@H](O)C(O)[C@H](O)C1)c1cc([N+](=O)[O-])cc([N+](=O)[O-])c1. The number of aliphatic hydroxyl groups excluding tert-OH is 3. The first-order valence-corrected chi connectivity index (χ1v) is 7.41. The van der Waals surface area contributed by atoms with Gasteiger partial charge in [-0.1, -0.05) is 0 Å². The number of nitro groups is 2. The molecule has 13 heteroatoms. The van der Waals surface area contributed by atoms with E-state index in [0.717, 1.165) is 0 Å². The Morgan fingerprint density at radius 1 is 1.00 bits per heavy atom. The molecule has 1 aliphatic rings. The van der Waals surface area contributed by atoms with Crippen LogP contribution in [0.3, 0.4) is 0 Å². The van der Waals surface area contributed by atoms with Gasteiger partial charge in [0.1, 0.15) is 6.10 Å². The zero-order valence-corrected chi connectivity index (χ0v) is 13.4. The maximum absolute atomic E-state index is 12.3. The van der Waals surface area contributed by atoms with Crippen LogP contribution in [-0.4, -0.2) is 66.1 Å². The molecule has 1 aromatic rings. The van der Waals surface area contributed by atoms with Crippen LogP contribution in [0, 0.1) is 20.2 Å². The molecule has 0 amide bonds. The Morgan fingerprint density at radius 2 is 1.44 bits per heavy atom. The molecule has 1 saturated carbocycles. The summed E-state index contributed by atoms with van der Waals surface area (Å²) >= 11 is 0. The van der Waals surface area contributed by atoms with Gasteiger partial charge in [-0.15, -0.1) is 0 Å². The van der Waals surface area contributed by atoms with Crippen molar-refractivity contribution < 1.29 is 44.6 Å². The molecular weight excluding hydrogens is 372 g/mol. The monoisotopic (exact) mass is 386 g/mol. The molecule has 1 fully saturated rings. The number of non-ortho nitro benzene ring substituents is 2. The fourth-order valence-electron chi connectivity index (χ4n) is 2.72. The number of aliphatic hydroxyl groups is 3. The molecule has 0 radical (unpaired) electrons. The summed E-state index contributed by atoms with van der Waals surface area (Å²) in [6.45, 7) is 0. The number of carbonyl (C=O) groups is 2. The van der Waals surface area contributed by atoms with E-state index in [2.05, 4.69) is 0 Å². The van der Waals surface area contributed by atoms with Crippen molar-refractivity contribution in [2.45, 2.75) is 36.8 Å². The van der Waals surface area contributed by atoms with Crippen molar-refractivity contribution in [3.05, 3.63) is 44.0 Å². The van der Waals surface area contributed by atoms with Gasteiger partial charge < -0.3 is 25.2 Å². The normalized spacial score (nSPS) is 27.6. The topological polar surface area (TPSA) is 211 Å². The van der Waals surface area contributed by atoms with Gasteiger partial charge in [-0.2, -0.15) is 0 Å². The molecule has 13 nitrogen and oxygen atoms in total. The van der Waals surface area contributed by atoms with Crippen LogP contribution < -0.4 is 0 Å². The molecule has 0 aliphatic heterocycles. The molecule has 0 heterocycles. The van der Waals surface area contributed by atoms with Gasteiger partial charge in [0.15, 0.2) is 0 Å². The molecule has 27 heavy (non-hydrogen) atoms. The van der Waals surface area contributed by atoms with E-state index in [1.54, 1.807) is 0 Å². The number of aliphatic carboxylic acids is 1. The molecule has 4 N–H and O–H groups in total. The van der Waals surface area contributed by atoms with Crippen molar-refractivity contribution in [1.82, 2.24) is 0 Å². The first-order chi connectivity index (χ1) is 12.5. The number of rotatable bonds is 5. The fraction of sp³-hybridized carbons (Fsp3) is 0.429. The van der Waals surface area contributed by atoms with Gasteiger partial charge in [-0.3, -0.25) is 20.2 Å². The Balaban J connectivity index is 2.40. The summed E-state index contributed by atoms with van der Waals surface area (Å²) in [4.78, 5) is 43.7. The number of hydrogen-bond acceptors (Lipinski definition) is 10. The van der Waals surface area contributed by atoms with Gasteiger partial charge in [0.2, 0.25) is 5.60 Å². The molecular formula is C14H14N2O11. The van der Waals surface area contributed by atoms with Crippen molar-refractivity contribution in [3.8, 4) is 0 Å². The molecule has 0 aromatic heterocycles. The van der Waals surface area contributed by atoms with Gasteiger partial charge in [-0.25, -0.2) is 9.59 Å². The average Bonchev–Trinajstić information content (AvgIpc) is 2.58. The molecule has 0 spiro atoms. The average molecular weight is 386 g/mol. The minimum atomic E-state index is -2.44. The van der Waals surface area contributed by atoms with Crippen LogP contribution in [0.15, 0.2) is 18.2 Å². The van der Waals surface area contributed by atoms with Crippen LogP contribution >= 0.6 is 0 Å². The Hall–Kier alpha value is -3.16. The van der Waals surface area contributed by atoms with Crippen LogP contribution in [-0.2, 0) is 9.53 Å². The number of carbonyl (C=O) groups excluding carboxylic acids is 1. The second kappa shape index (κ2) is 7.22. The fourth-order valence-corrected chi connectivity index (χ4v) is 2.72. The molecule has 146 valence electrons. The summed E-state index contributed by atoms with van der Waals surface area (Å²) in [5.74, 6) is -3.18. The van der Waals surface area contributed by atoms with E-state index in [1.807, 2.05) is 0 Å². The molecule has 0 bridgehead atoms. The second-order valence-corrected chi connectivity index (χ2v) is 5.97. The number of esters is 1. The maximum atomic E-state index is 12.3. The van der Waals surface area contributed by atoms with E-state index in [4.69, 9.17) is 4.74 Å². The Kier molecular flexibility index (Phi) is 5.39. The third kappa shape index (κ3) is 3.99. The molecule has 1 aromatic carbocycles. The van der Waals surface area contributed by atoms with E-state index in [9.17, 15) is 50.2 Å². The van der Waals surface area contributed by atoms with Gasteiger partial charge >= 0.3 is 11.9 Å². The first-order valence-electron chi connectivity index (χ1n) is 7.41. The quantitative estimate of drug-likeness (QED) is 0.284. The van der Waals surface area contributed by atoms with E-state index < -0.39 is 75.5 Å². The standard InChI is InChI=1S/C14H14N2O11/c17-9-4-14(13(21)22,5-10(18)11(9)19)27-12(20)6-1-7(15(23)24)3-8(2-6)16(25)26/h1-3,9-11,17-19H,4-5H2,(H,21,22)/t9-,10-,11?,14?/m1/s1. The number of nitro benzene ring substituents is 2. The van der Waals surface area contributed by atoms with E-state index >= 15 is 0 Å². The highest BCUT2D eigenvalue weighted by Crippen LogP contribution is 2.34. The van der Waals surface area contributed by atoms with Crippen LogP contribution in [0.25, 0.3) is 0 Å². The number of hydrogen-bond donors (Lipinski definition) is 4. The van der Waals surface area contributed by atoms with E-state index in [-0.39, 0.29) is 0 Å². The Morgan fingerprint density at radius 3 is 1.81 bits per heavy atom. The largest absolute Gasteiger partial charge is 0.478 e. The van der Waals surface area contributed by atoms with Gasteiger partial charge in [-0.05, 0) is 0 Å². The number of benzene rings is 1. The minimum Gasteiger partial charge on any atom is -0.478 e. The highest BCUT2D eigenvalue weighted by atomic mass is 16.6. The highest BCUT2D eigenvalue weighted by molar-refractivity contribution is 5.93. The molecule has 0 saturated heterocycles. The zero-order chi connectivity index (χ0) is 20.5. The minimum absolute atomic E-state index is 0.605. The highest BCUT2D eigenvalue weighted by Gasteiger charge is 2.53. The molecule has 1 aliphatic carbocycles. The van der Waals surface area contributed by atoms with Crippen molar-refractivity contribution in [3.63, 3.8) is 0 Å². The van der Waals surface area contributed by atoms with Gasteiger partial charge in [0, 0.05) is 25.0 Å². The predicted octanol–water partition coefficient (Wildman–Crippen LogP) is -0.640. The summed E-state index contributed by atoms with van der Waals surface area (Å²) in [6.07, 6.45) is -6.63. The summed E-state index contributed by atoms with van der Waals surface area (Å²) in [6, 6.07) is 1.93. The molecule has 2 atom stereocenters. The van der Waals surface area contributed by atoms with E-state index in [1.165, 1.54) is 0 Å². The van der Waals surface area contributed by atoms with Gasteiger partial charge in [0.25, 0.3) is 11.4 Å². The van der Waals surface area contributed by atoms with E-state index in [0.29, 0.717) is 18.2 Å². The lowest BCUT2D eigenvalue weighted by molar-refractivity contribution is -0.394. The molecule has 0 unspecified atom stereocenters. The number of ether oxygens (including phenoxy) is 1. The van der Waals surface area contributed by atoms with Crippen molar-refractivity contribution in [1.29, 1.82) is 0 Å². The van der Waals surface area contributed by atoms with Crippen LogP contribution in [0.5, 0.6) is 0 Å².